The number of hydrogen-bond acceptors (Lipinski definition) is 5. The second-order valence-electron chi connectivity index (χ2n) is 13.9. The molecule has 4 heterocycles. The van der Waals surface area contributed by atoms with Gasteiger partial charge in [-0.3, -0.25) is 0 Å². The molecule has 0 unspecified atom stereocenters. The summed E-state index contributed by atoms with van der Waals surface area (Å²) in [5.41, 5.74) is 7.25. The number of para-hydroxylation sites is 1. The van der Waals surface area contributed by atoms with E-state index in [1.165, 1.54) is 41.7 Å². The van der Waals surface area contributed by atoms with Crippen LogP contribution in [-0.2, 0) is 0 Å². The quantitative estimate of drug-likeness (QED) is 0.174. The second kappa shape index (κ2) is 10.5. The molecular formula is C45H29N3OSSi. The maximum atomic E-state index is 6.84. The molecular weight excluding hydrogens is 659 g/mol. The van der Waals surface area contributed by atoms with Crippen molar-refractivity contribution < 1.29 is 4.42 Å². The van der Waals surface area contributed by atoms with Crippen molar-refractivity contribution in [2.24, 2.45) is 0 Å². The third-order valence-electron chi connectivity index (χ3n) is 10.7. The molecule has 0 aliphatic carbocycles. The highest BCUT2D eigenvalue weighted by molar-refractivity contribution is 7.26. The summed E-state index contributed by atoms with van der Waals surface area (Å²) in [6, 6.07) is 49.5. The lowest BCUT2D eigenvalue weighted by Crippen LogP contribution is -2.49. The molecule has 0 amide bonds. The number of aromatic nitrogens is 3. The van der Waals surface area contributed by atoms with E-state index < -0.39 is 8.07 Å². The SMILES string of the molecule is C[Si]1(C)c2ccccc2-c2c1cc(-c1nc(-c3cccc4ccccc34)nc(-c3cccc4c3sc3ccccc34)n1)c1c2oc2ccccc21. The summed E-state index contributed by atoms with van der Waals surface area (Å²) >= 11 is 1.79. The predicted octanol–water partition coefficient (Wildman–Crippen LogP) is 11.1. The summed E-state index contributed by atoms with van der Waals surface area (Å²) < 4.78 is 9.27. The van der Waals surface area contributed by atoms with Crippen molar-refractivity contribution in [2.45, 2.75) is 13.1 Å². The molecule has 0 radical (unpaired) electrons. The van der Waals surface area contributed by atoms with Crippen LogP contribution in [0, 0.1) is 0 Å². The summed E-state index contributed by atoms with van der Waals surface area (Å²) in [6.45, 7) is 4.89. The molecule has 1 aliphatic rings. The Balaban J connectivity index is 1.27. The van der Waals surface area contributed by atoms with Crippen molar-refractivity contribution >= 4 is 82.7 Å². The zero-order valence-corrected chi connectivity index (χ0v) is 29.8. The first kappa shape index (κ1) is 28.8. The van der Waals surface area contributed by atoms with Gasteiger partial charge in [-0.25, -0.2) is 15.0 Å². The van der Waals surface area contributed by atoms with E-state index in [4.69, 9.17) is 19.4 Å². The van der Waals surface area contributed by atoms with E-state index in [-0.39, 0.29) is 0 Å². The Morgan fingerprint density at radius 1 is 0.510 bits per heavy atom. The van der Waals surface area contributed by atoms with Crippen LogP contribution in [0.1, 0.15) is 0 Å². The maximum absolute atomic E-state index is 6.84. The molecule has 10 aromatic rings. The Labute approximate surface area is 298 Å². The van der Waals surface area contributed by atoms with Crippen LogP contribution in [0.5, 0.6) is 0 Å². The van der Waals surface area contributed by atoms with Crippen LogP contribution in [0.3, 0.4) is 0 Å². The van der Waals surface area contributed by atoms with Crippen molar-refractivity contribution in [3.63, 3.8) is 0 Å². The predicted molar refractivity (Wildman–Crippen MR) is 216 cm³/mol. The van der Waals surface area contributed by atoms with Gasteiger partial charge >= 0.3 is 0 Å². The Morgan fingerprint density at radius 2 is 1.12 bits per heavy atom. The molecule has 0 saturated carbocycles. The molecule has 51 heavy (non-hydrogen) atoms. The molecule has 4 nitrogen and oxygen atoms in total. The van der Waals surface area contributed by atoms with Gasteiger partial charge in [0.05, 0.1) is 0 Å². The summed E-state index contributed by atoms with van der Waals surface area (Å²) in [5, 5.41) is 9.62. The monoisotopic (exact) mass is 687 g/mol. The fourth-order valence-corrected chi connectivity index (χ4v) is 12.6. The molecule has 6 heteroatoms. The summed E-state index contributed by atoms with van der Waals surface area (Å²) in [4.78, 5) is 16.1. The Bertz CT molecular complexity index is 3080. The van der Waals surface area contributed by atoms with E-state index in [9.17, 15) is 0 Å². The topological polar surface area (TPSA) is 51.8 Å². The summed E-state index contributed by atoms with van der Waals surface area (Å²) in [7, 11) is -2.09. The first-order chi connectivity index (χ1) is 25.0. The Morgan fingerprint density at radius 3 is 2.00 bits per heavy atom. The van der Waals surface area contributed by atoms with Crippen molar-refractivity contribution in [3.8, 4) is 45.3 Å². The molecule has 0 N–H and O–H groups in total. The molecule has 240 valence electrons. The van der Waals surface area contributed by atoms with Gasteiger partial charge < -0.3 is 4.42 Å². The second-order valence-corrected chi connectivity index (χ2v) is 19.3. The van der Waals surface area contributed by atoms with Gasteiger partial charge in [-0.15, -0.1) is 11.3 Å². The van der Waals surface area contributed by atoms with Crippen LogP contribution in [0.25, 0.3) is 98.2 Å². The van der Waals surface area contributed by atoms with Gasteiger partial charge in [-0.05, 0) is 51.0 Å². The molecule has 0 fully saturated rings. The average molecular weight is 688 g/mol. The lowest BCUT2D eigenvalue weighted by molar-refractivity contribution is 0.670. The zero-order valence-electron chi connectivity index (χ0n) is 27.9. The number of thiophene rings is 1. The number of fused-ring (bicyclic) bond motifs is 11. The highest BCUT2D eigenvalue weighted by Gasteiger charge is 2.40. The summed E-state index contributed by atoms with van der Waals surface area (Å²) in [6.07, 6.45) is 0. The number of nitrogens with zero attached hydrogens (tertiary/aromatic N) is 3. The van der Waals surface area contributed by atoms with E-state index in [1.54, 1.807) is 11.3 Å². The van der Waals surface area contributed by atoms with E-state index in [0.717, 1.165) is 49.4 Å². The molecule has 11 rings (SSSR count). The van der Waals surface area contributed by atoms with Gasteiger partial charge in [0.15, 0.2) is 17.5 Å². The van der Waals surface area contributed by atoms with Gasteiger partial charge in [0.2, 0.25) is 0 Å². The summed E-state index contributed by atoms with van der Waals surface area (Å²) in [5.74, 6) is 1.98. The lowest BCUT2D eigenvalue weighted by atomic mass is 9.98. The number of benzene rings is 7. The number of rotatable bonds is 3. The largest absolute Gasteiger partial charge is 0.455 e. The van der Waals surface area contributed by atoms with Crippen LogP contribution in [0.15, 0.2) is 144 Å². The zero-order chi connectivity index (χ0) is 33.8. The van der Waals surface area contributed by atoms with Gasteiger partial charge in [0.1, 0.15) is 19.2 Å². The fraction of sp³-hybridized carbons (Fsp3) is 0.0444. The first-order valence-corrected chi connectivity index (χ1v) is 21.1. The van der Waals surface area contributed by atoms with E-state index in [1.807, 2.05) is 6.07 Å². The normalized spacial score (nSPS) is 13.5. The van der Waals surface area contributed by atoms with Crippen molar-refractivity contribution in [1.29, 1.82) is 0 Å². The molecule has 0 saturated heterocycles. The van der Waals surface area contributed by atoms with E-state index in [2.05, 4.69) is 147 Å². The molecule has 0 atom stereocenters. The van der Waals surface area contributed by atoms with Gasteiger partial charge in [0, 0.05) is 53.2 Å². The van der Waals surface area contributed by atoms with Gasteiger partial charge in [0.25, 0.3) is 0 Å². The van der Waals surface area contributed by atoms with Gasteiger partial charge in [-0.2, -0.15) is 0 Å². The highest BCUT2D eigenvalue weighted by atomic mass is 32.1. The third kappa shape index (κ3) is 4.09. The number of hydrogen-bond donors (Lipinski definition) is 0. The van der Waals surface area contributed by atoms with Crippen LogP contribution >= 0.6 is 11.3 Å². The maximum Gasteiger partial charge on any atom is 0.165 e. The smallest absolute Gasteiger partial charge is 0.165 e. The molecule has 7 aromatic carbocycles. The Kier molecular flexibility index (Phi) is 5.95. The average Bonchev–Trinajstić information content (AvgIpc) is 3.82. The number of furan rings is 1. The van der Waals surface area contributed by atoms with Crippen molar-refractivity contribution in [3.05, 3.63) is 140 Å². The van der Waals surface area contributed by atoms with Crippen LogP contribution < -0.4 is 10.4 Å². The standard InChI is InChI=1S/C45H29N3OSSi/c1-51(2)37-24-10-7-18-32(37)40-38(51)25-34(39-31-17-5-8-22-35(31)49-41(39)40)45-47-43(30-20-11-14-26-13-3-4-15-27(26)30)46-44(48-45)33-21-12-19-29-28-16-6-9-23-36(28)50-42(29)33/h3-25H,1-2H3. The van der Waals surface area contributed by atoms with Crippen molar-refractivity contribution in [1.82, 2.24) is 15.0 Å². The van der Waals surface area contributed by atoms with Gasteiger partial charge in [-0.1, -0.05) is 128 Å². The van der Waals surface area contributed by atoms with Crippen LogP contribution in [0.4, 0.5) is 0 Å². The molecule has 3 aromatic heterocycles. The van der Waals surface area contributed by atoms with E-state index in [0.29, 0.717) is 17.5 Å². The lowest BCUT2D eigenvalue weighted by Gasteiger charge is -2.19. The highest BCUT2D eigenvalue weighted by Crippen LogP contribution is 2.45. The van der Waals surface area contributed by atoms with Crippen molar-refractivity contribution in [2.75, 3.05) is 0 Å². The van der Waals surface area contributed by atoms with E-state index >= 15 is 0 Å². The van der Waals surface area contributed by atoms with Crippen LogP contribution in [-0.4, -0.2) is 23.0 Å². The molecule has 0 spiro atoms. The Hall–Kier alpha value is -5.95. The minimum Gasteiger partial charge on any atom is -0.455 e. The molecule has 1 aliphatic heterocycles. The molecule has 0 bridgehead atoms. The minimum atomic E-state index is -2.09. The fourth-order valence-electron chi connectivity index (χ4n) is 8.31. The van der Waals surface area contributed by atoms with Crippen LogP contribution in [0.2, 0.25) is 13.1 Å². The first-order valence-electron chi connectivity index (χ1n) is 17.3. The minimum absolute atomic E-state index is 0.654. The third-order valence-corrected chi connectivity index (χ3v) is 15.5.